The van der Waals surface area contributed by atoms with Gasteiger partial charge in [-0.25, -0.2) is 0 Å². The minimum Gasteiger partial charge on any atom is -0.507 e. The van der Waals surface area contributed by atoms with Crippen molar-refractivity contribution in [1.29, 1.82) is 0 Å². The van der Waals surface area contributed by atoms with Gasteiger partial charge in [0, 0.05) is 31.9 Å². The van der Waals surface area contributed by atoms with E-state index in [1.807, 2.05) is 36.4 Å². The van der Waals surface area contributed by atoms with Crippen LogP contribution in [0, 0.1) is 13.8 Å². The quantitative estimate of drug-likeness (QED) is 0.647. The number of hydrogen-bond donors (Lipinski definition) is 2. The van der Waals surface area contributed by atoms with E-state index >= 15 is 0 Å². The SMILES string of the molecule is Cc1cccc(Nc2ccccc2C(=O)N2CCN(C(=O)c3ccccc3O)CC2)c1C. The number of aryl methyl sites for hydroxylation is 1. The Morgan fingerprint density at radius 3 is 1.91 bits per heavy atom. The molecule has 32 heavy (non-hydrogen) atoms. The van der Waals surface area contributed by atoms with E-state index in [4.69, 9.17) is 0 Å². The van der Waals surface area contributed by atoms with Gasteiger partial charge >= 0.3 is 0 Å². The number of nitrogens with one attached hydrogen (secondary N) is 1. The minimum absolute atomic E-state index is 0.0255. The molecular weight excluding hydrogens is 402 g/mol. The van der Waals surface area contributed by atoms with Crippen molar-refractivity contribution in [3.63, 3.8) is 0 Å². The fourth-order valence-corrected chi connectivity index (χ4v) is 3.92. The normalized spacial score (nSPS) is 13.7. The van der Waals surface area contributed by atoms with E-state index < -0.39 is 0 Å². The van der Waals surface area contributed by atoms with E-state index in [-0.39, 0.29) is 23.1 Å². The van der Waals surface area contributed by atoms with Gasteiger partial charge in [0.15, 0.2) is 0 Å². The second-order valence-electron chi connectivity index (χ2n) is 8.02. The molecule has 0 aromatic heterocycles. The minimum atomic E-state index is -0.216. The van der Waals surface area contributed by atoms with Crippen LogP contribution in [-0.4, -0.2) is 52.9 Å². The maximum absolute atomic E-state index is 13.3. The van der Waals surface area contributed by atoms with E-state index in [0.29, 0.717) is 31.7 Å². The highest BCUT2D eigenvalue weighted by molar-refractivity contribution is 6.01. The van der Waals surface area contributed by atoms with Gasteiger partial charge in [0.2, 0.25) is 0 Å². The molecule has 0 spiro atoms. The number of rotatable bonds is 4. The van der Waals surface area contributed by atoms with Crippen molar-refractivity contribution in [2.24, 2.45) is 0 Å². The molecule has 6 nitrogen and oxygen atoms in total. The van der Waals surface area contributed by atoms with Gasteiger partial charge in [-0.3, -0.25) is 9.59 Å². The van der Waals surface area contributed by atoms with Crippen LogP contribution in [0.25, 0.3) is 0 Å². The number of carbonyl (C=O) groups is 2. The average molecular weight is 430 g/mol. The maximum Gasteiger partial charge on any atom is 0.257 e. The predicted molar refractivity (Wildman–Crippen MR) is 126 cm³/mol. The number of para-hydroxylation sites is 2. The molecule has 0 unspecified atom stereocenters. The van der Waals surface area contributed by atoms with Gasteiger partial charge in [-0.15, -0.1) is 0 Å². The zero-order chi connectivity index (χ0) is 22.7. The highest BCUT2D eigenvalue weighted by atomic mass is 16.3. The molecule has 0 aliphatic carbocycles. The second-order valence-corrected chi connectivity index (χ2v) is 8.02. The molecule has 1 aliphatic heterocycles. The van der Waals surface area contributed by atoms with Crippen LogP contribution in [0.4, 0.5) is 11.4 Å². The van der Waals surface area contributed by atoms with Crippen molar-refractivity contribution in [3.8, 4) is 5.75 Å². The number of aromatic hydroxyl groups is 1. The Hall–Kier alpha value is -3.80. The molecule has 2 N–H and O–H groups in total. The summed E-state index contributed by atoms with van der Waals surface area (Å²) in [5.74, 6) is -0.303. The van der Waals surface area contributed by atoms with Crippen molar-refractivity contribution in [1.82, 2.24) is 9.80 Å². The molecule has 0 radical (unpaired) electrons. The summed E-state index contributed by atoms with van der Waals surface area (Å²) in [6.07, 6.45) is 0. The Morgan fingerprint density at radius 1 is 0.719 bits per heavy atom. The third-order valence-corrected chi connectivity index (χ3v) is 6.02. The second kappa shape index (κ2) is 9.14. The Morgan fingerprint density at radius 2 is 1.25 bits per heavy atom. The summed E-state index contributed by atoms with van der Waals surface area (Å²) in [6.45, 7) is 5.85. The molecule has 6 heteroatoms. The molecule has 1 aliphatic rings. The number of anilines is 2. The smallest absolute Gasteiger partial charge is 0.257 e. The molecule has 164 valence electrons. The lowest BCUT2D eigenvalue weighted by Gasteiger charge is -2.35. The van der Waals surface area contributed by atoms with Crippen LogP contribution in [0.3, 0.4) is 0 Å². The fraction of sp³-hybridized carbons (Fsp3) is 0.231. The molecule has 3 aromatic rings. The van der Waals surface area contributed by atoms with Gasteiger partial charge < -0.3 is 20.2 Å². The lowest BCUT2D eigenvalue weighted by molar-refractivity contribution is 0.0534. The number of nitrogens with zero attached hydrogens (tertiary/aromatic N) is 2. The Balaban J connectivity index is 1.47. The number of phenolic OH excluding ortho intramolecular Hbond substituents is 1. The first-order chi connectivity index (χ1) is 15.5. The molecule has 3 aromatic carbocycles. The van der Waals surface area contributed by atoms with E-state index in [2.05, 4.69) is 25.2 Å². The summed E-state index contributed by atoms with van der Waals surface area (Å²) in [6, 6.07) is 20.1. The van der Waals surface area contributed by atoms with Crippen molar-refractivity contribution in [2.75, 3.05) is 31.5 Å². The van der Waals surface area contributed by atoms with Crippen LogP contribution < -0.4 is 5.32 Å². The Kier molecular flexibility index (Phi) is 6.12. The Bertz CT molecular complexity index is 1150. The lowest BCUT2D eigenvalue weighted by Crippen LogP contribution is -2.50. The van der Waals surface area contributed by atoms with Crippen molar-refractivity contribution < 1.29 is 14.7 Å². The van der Waals surface area contributed by atoms with Gasteiger partial charge in [-0.05, 0) is 55.3 Å². The molecular formula is C26H27N3O3. The lowest BCUT2D eigenvalue weighted by atomic mass is 10.1. The van der Waals surface area contributed by atoms with Crippen LogP contribution in [0.5, 0.6) is 5.75 Å². The molecule has 4 rings (SSSR count). The summed E-state index contributed by atoms with van der Waals surface area (Å²) >= 11 is 0. The maximum atomic E-state index is 13.3. The van der Waals surface area contributed by atoms with Crippen molar-refractivity contribution in [3.05, 3.63) is 89.0 Å². The Labute approximate surface area is 188 Å². The number of amides is 2. The van der Waals surface area contributed by atoms with Gasteiger partial charge in [-0.1, -0.05) is 36.4 Å². The monoisotopic (exact) mass is 429 g/mol. The standard InChI is InChI=1S/C26H27N3O3/c1-18-8-7-12-22(19(18)2)27-23-11-5-3-9-20(23)25(31)28-14-16-29(17-15-28)26(32)21-10-4-6-13-24(21)30/h3-13,27,30H,14-17H2,1-2H3. The predicted octanol–water partition coefficient (Wildman–Crippen LogP) is 4.35. The zero-order valence-electron chi connectivity index (χ0n) is 18.3. The largest absolute Gasteiger partial charge is 0.507 e. The summed E-state index contributed by atoms with van der Waals surface area (Å²) in [7, 11) is 0. The number of carbonyl (C=O) groups excluding carboxylic acids is 2. The number of benzene rings is 3. The van der Waals surface area contributed by atoms with Crippen LogP contribution >= 0.6 is 0 Å². The van der Waals surface area contributed by atoms with Crippen LogP contribution in [0.2, 0.25) is 0 Å². The summed E-state index contributed by atoms with van der Waals surface area (Å²) < 4.78 is 0. The first-order valence-corrected chi connectivity index (χ1v) is 10.7. The van der Waals surface area contributed by atoms with E-state index in [1.54, 1.807) is 28.0 Å². The van der Waals surface area contributed by atoms with E-state index in [1.165, 1.54) is 11.6 Å². The zero-order valence-corrected chi connectivity index (χ0v) is 18.3. The molecule has 1 fully saturated rings. The van der Waals surface area contributed by atoms with Gasteiger partial charge in [0.05, 0.1) is 16.8 Å². The van der Waals surface area contributed by atoms with Crippen LogP contribution in [0.1, 0.15) is 31.8 Å². The highest BCUT2D eigenvalue weighted by Gasteiger charge is 2.27. The third-order valence-electron chi connectivity index (χ3n) is 6.02. The highest BCUT2D eigenvalue weighted by Crippen LogP contribution is 2.26. The topological polar surface area (TPSA) is 72.9 Å². The van der Waals surface area contributed by atoms with Gasteiger partial charge in [-0.2, -0.15) is 0 Å². The molecule has 0 saturated carbocycles. The van der Waals surface area contributed by atoms with E-state index in [0.717, 1.165) is 16.9 Å². The fourth-order valence-electron chi connectivity index (χ4n) is 3.92. The first-order valence-electron chi connectivity index (χ1n) is 10.7. The molecule has 2 amide bonds. The first kappa shape index (κ1) is 21.4. The number of phenols is 1. The number of hydrogen-bond acceptors (Lipinski definition) is 4. The molecule has 0 atom stereocenters. The van der Waals surface area contributed by atoms with Crippen LogP contribution in [-0.2, 0) is 0 Å². The average Bonchev–Trinajstić information content (AvgIpc) is 2.82. The molecule has 1 heterocycles. The number of piperazine rings is 1. The van der Waals surface area contributed by atoms with Crippen molar-refractivity contribution in [2.45, 2.75) is 13.8 Å². The molecule has 1 saturated heterocycles. The van der Waals surface area contributed by atoms with Gasteiger partial charge in [0.25, 0.3) is 11.8 Å². The van der Waals surface area contributed by atoms with E-state index in [9.17, 15) is 14.7 Å². The van der Waals surface area contributed by atoms with Crippen molar-refractivity contribution >= 4 is 23.2 Å². The van der Waals surface area contributed by atoms with Gasteiger partial charge in [0.1, 0.15) is 5.75 Å². The summed E-state index contributed by atoms with van der Waals surface area (Å²) in [4.78, 5) is 29.5. The van der Waals surface area contributed by atoms with Crippen LogP contribution in [0.15, 0.2) is 66.7 Å². The molecule has 0 bridgehead atoms. The summed E-state index contributed by atoms with van der Waals surface area (Å²) in [5, 5.41) is 13.4. The summed E-state index contributed by atoms with van der Waals surface area (Å²) in [5.41, 5.74) is 4.96. The third kappa shape index (κ3) is 4.30.